The van der Waals surface area contributed by atoms with Crippen molar-refractivity contribution >= 4 is 17.8 Å². The number of nitrogens with one attached hydrogen (secondary N) is 1. The maximum Gasteiger partial charge on any atom is 0.338 e. The minimum Gasteiger partial charge on any atom is -0.457 e. The lowest BCUT2D eigenvalue weighted by Crippen LogP contribution is -2.42. The van der Waals surface area contributed by atoms with Gasteiger partial charge in [-0.1, -0.05) is 6.07 Å². The number of esters is 2. The Kier molecular flexibility index (Phi) is 4.88. The van der Waals surface area contributed by atoms with Gasteiger partial charge in [-0.2, -0.15) is 0 Å². The van der Waals surface area contributed by atoms with Crippen molar-refractivity contribution in [2.45, 2.75) is 65.1 Å². The van der Waals surface area contributed by atoms with Gasteiger partial charge in [0, 0.05) is 24.7 Å². The van der Waals surface area contributed by atoms with Crippen molar-refractivity contribution < 1.29 is 23.9 Å². The normalized spacial score (nSPS) is 27.9. The van der Waals surface area contributed by atoms with Gasteiger partial charge in [-0.25, -0.2) is 9.59 Å². The van der Waals surface area contributed by atoms with E-state index in [4.69, 9.17) is 9.47 Å². The number of hydrogen-bond donors (Lipinski definition) is 1. The van der Waals surface area contributed by atoms with E-state index in [-0.39, 0.29) is 29.9 Å². The molecule has 0 bridgehead atoms. The zero-order valence-electron chi connectivity index (χ0n) is 18.1. The Morgan fingerprint density at radius 2 is 1.77 bits per heavy atom. The molecule has 2 fully saturated rings. The van der Waals surface area contributed by atoms with Crippen molar-refractivity contribution in [3.05, 3.63) is 45.7 Å². The number of fused-ring (bicyclic) bond motifs is 1. The number of benzene rings is 1. The Hall–Kier alpha value is -2.67. The molecule has 31 heavy (non-hydrogen) atoms. The van der Waals surface area contributed by atoms with Gasteiger partial charge in [-0.05, 0) is 63.1 Å². The molecule has 0 aromatic heterocycles. The summed E-state index contributed by atoms with van der Waals surface area (Å²) in [5, 5.41) is 3.66. The summed E-state index contributed by atoms with van der Waals surface area (Å²) in [6.45, 7) is 5.80. The molecule has 1 amide bonds. The van der Waals surface area contributed by atoms with Crippen LogP contribution in [0, 0.1) is 12.3 Å². The van der Waals surface area contributed by atoms with Crippen LogP contribution in [0.4, 0.5) is 0 Å². The number of nitrogens with zero attached hydrogens (tertiary/aromatic N) is 1. The molecule has 1 N–H and O–H groups in total. The molecule has 3 heterocycles. The average molecular weight is 424 g/mol. The lowest BCUT2D eigenvalue weighted by atomic mass is 9.71. The van der Waals surface area contributed by atoms with Gasteiger partial charge in [0.25, 0.3) is 0 Å². The molecule has 1 aromatic rings. The van der Waals surface area contributed by atoms with Crippen LogP contribution in [0.1, 0.15) is 66.1 Å². The highest BCUT2D eigenvalue weighted by atomic mass is 16.5. The quantitative estimate of drug-likeness (QED) is 0.749. The lowest BCUT2D eigenvalue weighted by Gasteiger charge is -2.36. The summed E-state index contributed by atoms with van der Waals surface area (Å²) in [7, 11) is 0. The molecule has 1 saturated carbocycles. The van der Waals surface area contributed by atoms with Gasteiger partial charge in [0.05, 0.1) is 22.2 Å². The number of likely N-dealkylation sites (tertiary alicyclic amines) is 1. The van der Waals surface area contributed by atoms with Gasteiger partial charge in [-0.15, -0.1) is 0 Å². The monoisotopic (exact) mass is 424 g/mol. The van der Waals surface area contributed by atoms with Gasteiger partial charge >= 0.3 is 11.9 Å². The van der Waals surface area contributed by atoms with E-state index < -0.39 is 0 Å². The molecule has 5 rings (SSSR count). The Bertz CT molecular complexity index is 1000. The van der Waals surface area contributed by atoms with Crippen molar-refractivity contribution in [2.24, 2.45) is 5.41 Å². The molecule has 164 valence electrons. The van der Waals surface area contributed by atoms with E-state index in [1.807, 2.05) is 19.1 Å². The SMILES string of the molecule is CC1=C(N2CC[C@]3(CC[C@@H](NCc4ccc5c(c4C)COC5=O)CC3)C2=O)COC1=O. The van der Waals surface area contributed by atoms with Crippen molar-refractivity contribution in [3.63, 3.8) is 0 Å². The highest BCUT2D eigenvalue weighted by molar-refractivity contribution is 5.94. The van der Waals surface area contributed by atoms with Gasteiger partial charge in [0.1, 0.15) is 13.2 Å². The topological polar surface area (TPSA) is 84.9 Å². The van der Waals surface area contributed by atoms with E-state index >= 15 is 0 Å². The number of amides is 1. The van der Waals surface area contributed by atoms with Crippen molar-refractivity contribution in [3.8, 4) is 0 Å². The summed E-state index contributed by atoms with van der Waals surface area (Å²) in [5.74, 6) is -0.378. The lowest BCUT2D eigenvalue weighted by molar-refractivity contribution is -0.138. The molecule has 1 saturated heterocycles. The number of carbonyl (C=O) groups is 3. The fourth-order valence-electron chi connectivity index (χ4n) is 5.51. The average Bonchev–Trinajstić information content (AvgIpc) is 3.41. The first kappa shape index (κ1) is 20.2. The Balaban J connectivity index is 1.20. The number of ether oxygens (including phenoxy) is 2. The molecule has 0 radical (unpaired) electrons. The minimum atomic E-state index is -0.311. The first-order chi connectivity index (χ1) is 14.9. The minimum absolute atomic E-state index is 0.165. The number of rotatable bonds is 4. The van der Waals surface area contributed by atoms with Crippen LogP contribution in [0.25, 0.3) is 0 Å². The van der Waals surface area contributed by atoms with Crippen LogP contribution in [0.3, 0.4) is 0 Å². The number of hydrogen-bond acceptors (Lipinski definition) is 6. The Morgan fingerprint density at radius 3 is 2.48 bits per heavy atom. The third-order valence-corrected chi connectivity index (χ3v) is 7.72. The first-order valence-corrected chi connectivity index (χ1v) is 11.1. The summed E-state index contributed by atoms with van der Waals surface area (Å²) < 4.78 is 10.3. The second-order valence-electron chi connectivity index (χ2n) is 9.24. The molecule has 0 atom stereocenters. The molecule has 0 unspecified atom stereocenters. The number of cyclic esters (lactones) is 2. The van der Waals surface area contributed by atoms with Crippen LogP contribution in [-0.4, -0.2) is 41.9 Å². The van der Waals surface area contributed by atoms with Gasteiger partial charge < -0.3 is 19.7 Å². The molecule has 1 aliphatic carbocycles. The third kappa shape index (κ3) is 3.26. The van der Waals surface area contributed by atoms with E-state index in [2.05, 4.69) is 5.32 Å². The van der Waals surface area contributed by atoms with Crippen LogP contribution in [0.15, 0.2) is 23.4 Å². The van der Waals surface area contributed by atoms with E-state index in [1.165, 1.54) is 5.56 Å². The van der Waals surface area contributed by atoms with Crippen LogP contribution in [0.2, 0.25) is 0 Å². The summed E-state index contributed by atoms with van der Waals surface area (Å²) in [6, 6.07) is 4.25. The van der Waals surface area contributed by atoms with E-state index in [1.54, 1.807) is 11.8 Å². The molecule has 7 heteroatoms. The van der Waals surface area contributed by atoms with Gasteiger partial charge in [-0.3, -0.25) is 4.79 Å². The second kappa shape index (κ2) is 7.48. The fraction of sp³-hybridized carbons (Fsp3) is 0.542. The summed E-state index contributed by atoms with van der Waals surface area (Å²) in [6.07, 6.45) is 4.50. The maximum absolute atomic E-state index is 13.3. The van der Waals surface area contributed by atoms with Gasteiger partial charge in [0.15, 0.2) is 0 Å². The van der Waals surface area contributed by atoms with Crippen LogP contribution in [0.5, 0.6) is 0 Å². The Labute approximate surface area is 181 Å². The molecular formula is C24H28N2O5. The summed E-state index contributed by atoms with van der Waals surface area (Å²) >= 11 is 0. The molecule has 3 aliphatic heterocycles. The summed E-state index contributed by atoms with van der Waals surface area (Å²) in [4.78, 5) is 38.5. The molecule has 1 spiro atoms. The van der Waals surface area contributed by atoms with Crippen LogP contribution >= 0.6 is 0 Å². The first-order valence-electron chi connectivity index (χ1n) is 11.1. The van der Waals surface area contributed by atoms with Crippen molar-refractivity contribution in [1.29, 1.82) is 0 Å². The molecule has 1 aromatic carbocycles. The molecule has 7 nitrogen and oxygen atoms in total. The van der Waals surface area contributed by atoms with Crippen molar-refractivity contribution in [1.82, 2.24) is 10.2 Å². The summed E-state index contributed by atoms with van der Waals surface area (Å²) in [5.41, 5.74) is 5.03. The smallest absolute Gasteiger partial charge is 0.338 e. The molecule has 4 aliphatic rings. The largest absolute Gasteiger partial charge is 0.457 e. The molecular weight excluding hydrogens is 396 g/mol. The van der Waals surface area contributed by atoms with E-state index in [9.17, 15) is 14.4 Å². The highest BCUT2D eigenvalue weighted by Crippen LogP contribution is 2.46. The fourth-order valence-corrected chi connectivity index (χ4v) is 5.51. The van der Waals surface area contributed by atoms with E-state index in [0.29, 0.717) is 30.3 Å². The van der Waals surface area contributed by atoms with Crippen LogP contribution < -0.4 is 5.32 Å². The second-order valence-corrected chi connectivity index (χ2v) is 9.24. The van der Waals surface area contributed by atoms with Crippen LogP contribution in [-0.2, 0) is 32.2 Å². The standard InChI is InChI=1S/C24H28N2O5/c1-14-16(3-4-18-19(14)12-30-22(18)28)11-25-17-5-7-24(8-6-17)9-10-26(23(24)29)20-13-31-21(27)15(20)2/h3-4,17,25H,5-13H2,1-2H3/t17-,24-. The third-order valence-electron chi connectivity index (χ3n) is 7.72. The highest BCUT2D eigenvalue weighted by Gasteiger charge is 2.50. The zero-order valence-corrected chi connectivity index (χ0v) is 18.1. The van der Waals surface area contributed by atoms with E-state index in [0.717, 1.165) is 55.5 Å². The van der Waals surface area contributed by atoms with Gasteiger partial charge in [0.2, 0.25) is 5.91 Å². The maximum atomic E-state index is 13.3. The predicted molar refractivity (Wildman–Crippen MR) is 112 cm³/mol. The predicted octanol–water partition coefficient (Wildman–Crippen LogP) is 2.75. The van der Waals surface area contributed by atoms with Crippen molar-refractivity contribution in [2.75, 3.05) is 13.2 Å². The Morgan fingerprint density at radius 1 is 1.03 bits per heavy atom. The zero-order chi connectivity index (χ0) is 21.8. The number of carbonyl (C=O) groups excluding carboxylic acids is 3.